The normalized spacial score (nSPS) is 12.1. The quantitative estimate of drug-likeness (QED) is 0.601. The summed E-state index contributed by atoms with van der Waals surface area (Å²) in [5, 5.41) is 2.59. The molecule has 142 valence electrons. The minimum absolute atomic E-state index is 0.0823. The number of hydrogen-bond donors (Lipinski definition) is 1. The first-order valence-corrected chi connectivity index (χ1v) is 9.90. The van der Waals surface area contributed by atoms with Gasteiger partial charge in [-0.15, -0.1) is 0 Å². The van der Waals surface area contributed by atoms with Crippen molar-refractivity contribution in [1.82, 2.24) is 0 Å². The zero-order chi connectivity index (χ0) is 20.2. The average Bonchev–Trinajstić information content (AvgIpc) is 2.61. The lowest BCUT2D eigenvalue weighted by Gasteiger charge is -2.14. The molecular weight excluding hydrogens is 370 g/mol. The summed E-state index contributed by atoms with van der Waals surface area (Å²) in [6, 6.07) is 11.6. The Bertz CT molecular complexity index is 962. The average molecular weight is 389 g/mol. The maximum atomic E-state index is 12.1. The molecule has 0 aliphatic heterocycles. The number of ketones is 1. The van der Waals surface area contributed by atoms with Gasteiger partial charge in [0.1, 0.15) is 0 Å². The fraction of sp³-hybridized carbons (Fsp3) is 0.211. The van der Waals surface area contributed by atoms with Crippen molar-refractivity contribution in [2.45, 2.75) is 24.8 Å². The lowest BCUT2D eigenvalue weighted by Crippen LogP contribution is -2.30. The highest BCUT2D eigenvalue weighted by Crippen LogP contribution is 2.14. The summed E-state index contributed by atoms with van der Waals surface area (Å²) in [6.07, 6.45) is -0.00468. The van der Waals surface area contributed by atoms with Gasteiger partial charge in [0.25, 0.3) is 5.91 Å². The minimum Gasteiger partial charge on any atom is -0.449 e. The Hall–Kier alpha value is -3.00. The molecule has 1 amide bonds. The van der Waals surface area contributed by atoms with E-state index in [2.05, 4.69) is 5.32 Å². The molecule has 1 N–H and O–H groups in total. The van der Waals surface area contributed by atoms with Gasteiger partial charge >= 0.3 is 5.97 Å². The monoisotopic (exact) mass is 389 g/mol. The highest BCUT2D eigenvalue weighted by Gasteiger charge is 2.19. The summed E-state index contributed by atoms with van der Waals surface area (Å²) < 4.78 is 28.0. The number of amides is 1. The molecule has 27 heavy (non-hydrogen) atoms. The first kappa shape index (κ1) is 20.3. The molecule has 0 bridgehead atoms. The Morgan fingerprint density at radius 2 is 1.44 bits per heavy atom. The third-order valence-electron chi connectivity index (χ3n) is 3.73. The third kappa shape index (κ3) is 5.49. The van der Waals surface area contributed by atoms with Gasteiger partial charge in [-0.1, -0.05) is 0 Å². The number of carbonyl (C=O) groups is 3. The van der Waals surface area contributed by atoms with Crippen LogP contribution >= 0.6 is 0 Å². The van der Waals surface area contributed by atoms with Gasteiger partial charge in [-0.05, 0) is 62.4 Å². The van der Waals surface area contributed by atoms with Crippen LogP contribution in [0.5, 0.6) is 0 Å². The Morgan fingerprint density at radius 1 is 0.926 bits per heavy atom. The van der Waals surface area contributed by atoms with E-state index in [9.17, 15) is 22.8 Å². The van der Waals surface area contributed by atoms with Crippen LogP contribution < -0.4 is 5.32 Å². The predicted molar refractivity (Wildman–Crippen MR) is 99.5 cm³/mol. The molecule has 8 heteroatoms. The zero-order valence-electron chi connectivity index (χ0n) is 15.1. The molecule has 0 aliphatic rings. The first-order valence-electron chi connectivity index (χ1n) is 8.01. The number of anilines is 1. The van der Waals surface area contributed by atoms with Crippen LogP contribution in [0.1, 0.15) is 34.6 Å². The SMILES string of the molecule is CC(=O)c1ccc(NC(=O)[C@@H](C)OC(=O)c2ccc(S(C)(=O)=O)cc2)cc1. The fourth-order valence-electron chi connectivity index (χ4n) is 2.15. The largest absolute Gasteiger partial charge is 0.449 e. The van der Waals surface area contributed by atoms with Crippen molar-refractivity contribution in [3.63, 3.8) is 0 Å². The molecule has 2 aromatic carbocycles. The van der Waals surface area contributed by atoms with Gasteiger partial charge in [-0.3, -0.25) is 9.59 Å². The third-order valence-corrected chi connectivity index (χ3v) is 4.86. The standard InChI is InChI=1S/C19H19NO6S/c1-12(21)14-4-8-16(9-5-14)20-18(22)13(2)26-19(23)15-6-10-17(11-7-15)27(3,24)25/h4-11,13H,1-3H3,(H,20,22)/t13-/m1/s1. The lowest BCUT2D eigenvalue weighted by atomic mass is 10.1. The van der Waals surface area contributed by atoms with Gasteiger partial charge in [0.15, 0.2) is 21.7 Å². The van der Waals surface area contributed by atoms with E-state index in [4.69, 9.17) is 4.74 Å². The smallest absolute Gasteiger partial charge is 0.338 e. The van der Waals surface area contributed by atoms with Crippen molar-refractivity contribution in [2.75, 3.05) is 11.6 Å². The highest BCUT2D eigenvalue weighted by molar-refractivity contribution is 7.90. The Kier molecular flexibility index (Phi) is 6.12. The van der Waals surface area contributed by atoms with E-state index >= 15 is 0 Å². The molecule has 0 spiro atoms. The number of ether oxygens (including phenoxy) is 1. The van der Waals surface area contributed by atoms with Crippen molar-refractivity contribution in [3.8, 4) is 0 Å². The van der Waals surface area contributed by atoms with Gasteiger partial charge in [0.05, 0.1) is 10.5 Å². The van der Waals surface area contributed by atoms with Gasteiger partial charge in [-0.2, -0.15) is 0 Å². The molecule has 0 fully saturated rings. The van der Waals surface area contributed by atoms with E-state index in [0.717, 1.165) is 6.26 Å². The second-order valence-corrected chi connectivity index (χ2v) is 7.98. The van der Waals surface area contributed by atoms with Crippen molar-refractivity contribution in [1.29, 1.82) is 0 Å². The van der Waals surface area contributed by atoms with Gasteiger partial charge < -0.3 is 10.1 Å². The van der Waals surface area contributed by atoms with Crippen molar-refractivity contribution in [3.05, 3.63) is 59.7 Å². The number of benzene rings is 2. The van der Waals surface area contributed by atoms with Crippen LogP contribution in [0.25, 0.3) is 0 Å². The number of hydrogen-bond acceptors (Lipinski definition) is 6. The number of rotatable bonds is 6. The van der Waals surface area contributed by atoms with Crippen LogP contribution in [0.2, 0.25) is 0 Å². The van der Waals surface area contributed by atoms with Crippen LogP contribution in [0, 0.1) is 0 Å². The van der Waals surface area contributed by atoms with Crippen LogP contribution in [0.4, 0.5) is 5.69 Å². The van der Waals surface area contributed by atoms with Crippen LogP contribution in [-0.4, -0.2) is 38.4 Å². The van der Waals surface area contributed by atoms with Gasteiger partial charge in [0.2, 0.25) is 0 Å². The molecule has 1 atom stereocenters. The summed E-state index contributed by atoms with van der Waals surface area (Å²) in [5.41, 5.74) is 1.11. The predicted octanol–water partition coefficient (Wildman–Crippen LogP) is 2.48. The summed E-state index contributed by atoms with van der Waals surface area (Å²) in [5.74, 6) is -1.37. The number of Topliss-reactive ketones (excluding diaryl/α,β-unsaturated/α-hetero) is 1. The fourth-order valence-corrected chi connectivity index (χ4v) is 2.78. The van der Waals surface area contributed by atoms with Crippen LogP contribution in [0.3, 0.4) is 0 Å². The maximum Gasteiger partial charge on any atom is 0.338 e. The van der Waals surface area contributed by atoms with Crippen molar-refractivity contribution >= 4 is 33.2 Å². The lowest BCUT2D eigenvalue weighted by molar-refractivity contribution is -0.123. The molecule has 7 nitrogen and oxygen atoms in total. The first-order chi connectivity index (χ1) is 12.6. The number of nitrogens with one attached hydrogen (secondary N) is 1. The van der Waals surface area contributed by atoms with E-state index < -0.39 is 27.8 Å². The molecule has 0 unspecified atom stereocenters. The van der Waals surface area contributed by atoms with E-state index in [1.54, 1.807) is 24.3 Å². The van der Waals surface area contributed by atoms with E-state index in [0.29, 0.717) is 11.3 Å². The number of sulfone groups is 1. The molecule has 0 aromatic heterocycles. The molecule has 0 aliphatic carbocycles. The van der Waals surface area contributed by atoms with Gasteiger partial charge in [-0.25, -0.2) is 13.2 Å². The topological polar surface area (TPSA) is 107 Å². The van der Waals surface area contributed by atoms with Crippen LogP contribution in [0.15, 0.2) is 53.4 Å². The minimum atomic E-state index is -3.36. The van der Waals surface area contributed by atoms with E-state index in [1.165, 1.54) is 38.1 Å². The molecular formula is C19H19NO6S. The van der Waals surface area contributed by atoms with E-state index in [-0.39, 0.29) is 16.2 Å². The Morgan fingerprint density at radius 3 is 1.93 bits per heavy atom. The second-order valence-electron chi connectivity index (χ2n) is 5.97. The summed E-state index contributed by atoms with van der Waals surface area (Å²) in [4.78, 5) is 35.6. The second kappa shape index (κ2) is 8.13. The zero-order valence-corrected chi connectivity index (χ0v) is 15.9. The number of carbonyl (C=O) groups excluding carboxylic acids is 3. The van der Waals surface area contributed by atoms with Crippen LogP contribution in [-0.2, 0) is 19.4 Å². The molecule has 0 heterocycles. The summed E-state index contributed by atoms with van der Waals surface area (Å²) in [7, 11) is -3.36. The Balaban J connectivity index is 1.98. The summed E-state index contributed by atoms with van der Waals surface area (Å²) in [6.45, 7) is 2.86. The molecule has 0 radical (unpaired) electrons. The van der Waals surface area contributed by atoms with E-state index in [1.807, 2.05) is 0 Å². The molecule has 0 saturated carbocycles. The van der Waals surface area contributed by atoms with Crippen molar-refractivity contribution in [2.24, 2.45) is 0 Å². The molecule has 0 saturated heterocycles. The molecule has 2 rings (SSSR count). The van der Waals surface area contributed by atoms with Gasteiger partial charge in [0, 0.05) is 17.5 Å². The molecule has 2 aromatic rings. The number of esters is 1. The highest BCUT2D eigenvalue weighted by atomic mass is 32.2. The maximum absolute atomic E-state index is 12.1. The Labute approximate surface area is 157 Å². The summed E-state index contributed by atoms with van der Waals surface area (Å²) >= 11 is 0. The van der Waals surface area contributed by atoms with Crippen molar-refractivity contribution < 1.29 is 27.5 Å².